The summed E-state index contributed by atoms with van der Waals surface area (Å²) in [5.74, 6) is -0.817. The Morgan fingerprint density at radius 3 is 1.44 bits per heavy atom. The minimum atomic E-state index is -0.325. The zero-order valence-electron chi connectivity index (χ0n) is 10.4. The van der Waals surface area contributed by atoms with E-state index < -0.39 is 0 Å². The predicted molar refractivity (Wildman–Crippen MR) is 58.6 cm³/mol. The van der Waals surface area contributed by atoms with Gasteiger partial charge < -0.3 is 9.47 Å². The van der Waals surface area contributed by atoms with Gasteiger partial charge in [0.05, 0.1) is 25.0 Å². The van der Waals surface area contributed by atoms with Crippen molar-refractivity contribution in [2.24, 2.45) is 23.7 Å². The van der Waals surface area contributed by atoms with Gasteiger partial charge in [-0.2, -0.15) is 0 Å². The largest absolute Gasteiger partial charge is 0.466 e. The van der Waals surface area contributed by atoms with Crippen molar-refractivity contribution in [3.05, 3.63) is 0 Å². The molecule has 1 rings (SSSR count). The van der Waals surface area contributed by atoms with Crippen LogP contribution in [0.3, 0.4) is 0 Å². The van der Waals surface area contributed by atoms with Gasteiger partial charge in [0, 0.05) is 0 Å². The lowest BCUT2D eigenvalue weighted by Crippen LogP contribution is -2.52. The van der Waals surface area contributed by atoms with Gasteiger partial charge in [-0.05, 0) is 25.7 Å². The first-order valence-corrected chi connectivity index (χ1v) is 5.87. The van der Waals surface area contributed by atoms with E-state index in [1.54, 1.807) is 13.8 Å². The van der Waals surface area contributed by atoms with Crippen LogP contribution in [0.25, 0.3) is 0 Å². The molecule has 0 aromatic carbocycles. The van der Waals surface area contributed by atoms with Crippen LogP contribution in [-0.4, -0.2) is 25.2 Å². The van der Waals surface area contributed by atoms with Crippen LogP contribution in [0.2, 0.25) is 0 Å². The minimum Gasteiger partial charge on any atom is -0.466 e. The summed E-state index contributed by atoms with van der Waals surface area (Å²) in [6.07, 6.45) is 0. The van der Waals surface area contributed by atoms with Crippen molar-refractivity contribution in [1.82, 2.24) is 0 Å². The Hall–Kier alpha value is -1.06. The molecule has 4 heteroatoms. The van der Waals surface area contributed by atoms with Crippen molar-refractivity contribution in [2.75, 3.05) is 13.2 Å². The summed E-state index contributed by atoms with van der Waals surface area (Å²) in [5, 5.41) is 0. The molecule has 4 atom stereocenters. The number of ether oxygens (including phenoxy) is 2. The van der Waals surface area contributed by atoms with Crippen LogP contribution in [0.15, 0.2) is 0 Å². The predicted octanol–water partition coefficient (Wildman–Crippen LogP) is 1.63. The summed E-state index contributed by atoms with van der Waals surface area (Å²) in [7, 11) is 0. The van der Waals surface area contributed by atoms with E-state index in [9.17, 15) is 9.59 Å². The van der Waals surface area contributed by atoms with E-state index in [-0.39, 0.29) is 35.6 Å². The number of carbonyl (C=O) groups excluding carboxylic acids is 2. The molecule has 1 saturated carbocycles. The number of hydrogen-bond acceptors (Lipinski definition) is 4. The number of carbonyl (C=O) groups is 2. The Morgan fingerprint density at radius 2 is 1.19 bits per heavy atom. The standard InChI is InChI=1S/C12H20O4/c1-5-15-11(13)9-7(3)8(4)10(9)12(14)16-6-2/h7-10H,5-6H2,1-4H3. The van der Waals surface area contributed by atoms with Crippen LogP contribution < -0.4 is 0 Å². The second-order valence-electron chi connectivity index (χ2n) is 4.27. The van der Waals surface area contributed by atoms with Crippen molar-refractivity contribution >= 4 is 11.9 Å². The molecule has 0 aliphatic heterocycles. The van der Waals surface area contributed by atoms with Crippen molar-refractivity contribution in [1.29, 1.82) is 0 Å². The van der Waals surface area contributed by atoms with Gasteiger partial charge in [0.15, 0.2) is 0 Å². The fourth-order valence-electron chi connectivity index (χ4n) is 2.36. The van der Waals surface area contributed by atoms with E-state index in [4.69, 9.17) is 9.47 Å². The van der Waals surface area contributed by atoms with Gasteiger partial charge in [-0.3, -0.25) is 9.59 Å². The van der Waals surface area contributed by atoms with Crippen molar-refractivity contribution in [3.63, 3.8) is 0 Å². The number of esters is 2. The average molecular weight is 228 g/mol. The second kappa shape index (κ2) is 5.32. The molecule has 0 saturated heterocycles. The molecule has 0 spiro atoms. The van der Waals surface area contributed by atoms with Crippen LogP contribution in [0.5, 0.6) is 0 Å². The summed E-state index contributed by atoms with van der Waals surface area (Å²) in [6, 6.07) is 0. The molecule has 0 aromatic rings. The lowest BCUT2D eigenvalue weighted by molar-refractivity contribution is -0.179. The molecule has 0 heterocycles. The summed E-state index contributed by atoms with van der Waals surface area (Å²) >= 11 is 0. The third-order valence-electron chi connectivity index (χ3n) is 3.47. The Labute approximate surface area is 96.3 Å². The molecule has 0 radical (unpaired) electrons. The van der Waals surface area contributed by atoms with Gasteiger partial charge in [0.2, 0.25) is 0 Å². The smallest absolute Gasteiger partial charge is 0.310 e. The summed E-state index contributed by atoms with van der Waals surface area (Å²) in [4.78, 5) is 23.3. The normalized spacial score (nSPS) is 32.8. The highest BCUT2D eigenvalue weighted by atomic mass is 16.5. The number of hydrogen-bond donors (Lipinski definition) is 0. The molecule has 92 valence electrons. The van der Waals surface area contributed by atoms with E-state index in [1.165, 1.54) is 0 Å². The highest BCUT2D eigenvalue weighted by molar-refractivity contribution is 5.84. The zero-order chi connectivity index (χ0) is 12.3. The lowest BCUT2D eigenvalue weighted by Gasteiger charge is -2.45. The van der Waals surface area contributed by atoms with E-state index >= 15 is 0 Å². The minimum absolute atomic E-state index is 0.188. The number of rotatable bonds is 4. The summed E-state index contributed by atoms with van der Waals surface area (Å²) in [6.45, 7) is 8.19. The summed E-state index contributed by atoms with van der Waals surface area (Å²) in [5.41, 5.74) is 0. The van der Waals surface area contributed by atoms with E-state index in [0.717, 1.165) is 0 Å². The second-order valence-corrected chi connectivity index (χ2v) is 4.27. The van der Waals surface area contributed by atoms with Crippen LogP contribution in [0.1, 0.15) is 27.7 Å². The van der Waals surface area contributed by atoms with E-state index in [0.29, 0.717) is 13.2 Å². The maximum Gasteiger partial charge on any atom is 0.310 e. The Balaban J connectivity index is 2.67. The maximum atomic E-state index is 11.7. The van der Waals surface area contributed by atoms with Crippen molar-refractivity contribution < 1.29 is 19.1 Å². The Kier molecular flexibility index (Phi) is 4.33. The quantitative estimate of drug-likeness (QED) is 0.686. The van der Waals surface area contributed by atoms with Crippen LogP contribution >= 0.6 is 0 Å². The Morgan fingerprint density at radius 1 is 0.875 bits per heavy atom. The highest BCUT2D eigenvalue weighted by Crippen LogP contribution is 2.46. The zero-order valence-corrected chi connectivity index (χ0v) is 10.4. The first-order valence-electron chi connectivity index (χ1n) is 5.87. The molecule has 4 unspecified atom stereocenters. The van der Waals surface area contributed by atoms with E-state index in [2.05, 4.69) is 0 Å². The van der Waals surface area contributed by atoms with Gasteiger partial charge in [-0.15, -0.1) is 0 Å². The molecular formula is C12H20O4. The molecule has 4 nitrogen and oxygen atoms in total. The third kappa shape index (κ3) is 2.20. The van der Waals surface area contributed by atoms with Gasteiger partial charge in [0.1, 0.15) is 0 Å². The van der Waals surface area contributed by atoms with E-state index in [1.807, 2.05) is 13.8 Å². The fourth-order valence-corrected chi connectivity index (χ4v) is 2.36. The molecule has 0 N–H and O–H groups in total. The SMILES string of the molecule is CCOC(=O)C1C(C)C(C)C1C(=O)OCC. The van der Waals surface area contributed by atoms with Gasteiger partial charge >= 0.3 is 11.9 Å². The molecule has 1 fully saturated rings. The molecule has 0 aromatic heterocycles. The third-order valence-corrected chi connectivity index (χ3v) is 3.47. The van der Waals surface area contributed by atoms with Gasteiger partial charge in [-0.25, -0.2) is 0 Å². The molecule has 16 heavy (non-hydrogen) atoms. The van der Waals surface area contributed by atoms with Gasteiger partial charge in [-0.1, -0.05) is 13.8 Å². The van der Waals surface area contributed by atoms with Gasteiger partial charge in [0.25, 0.3) is 0 Å². The van der Waals surface area contributed by atoms with Crippen molar-refractivity contribution in [3.8, 4) is 0 Å². The maximum absolute atomic E-state index is 11.7. The fraction of sp³-hybridized carbons (Fsp3) is 0.833. The molecular weight excluding hydrogens is 208 g/mol. The lowest BCUT2D eigenvalue weighted by atomic mass is 9.58. The first-order chi connectivity index (χ1) is 7.54. The molecule has 1 aliphatic rings. The molecule has 0 bridgehead atoms. The topological polar surface area (TPSA) is 52.6 Å². The van der Waals surface area contributed by atoms with Crippen LogP contribution in [-0.2, 0) is 19.1 Å². The molecule has 1 aliphatic carbocycles. The Bertz CT molecular complexity index is 246. The monoisotopic (exact) mass is 228 g/mol. The summed E-state index contributed by atoms with van der Waals surface area (Å²) < 4.78 is 9.95. The first kappa shape index (κ1) is 13.0. The van der Waals surface area contributed by atoms with Crippen LogP contribution in [0, 0.1) is 23.7 Å². The highest BCUT2D eigenvalue weighted by Gasteiger charge is 2.54. The average Bonchev–Trinajstić information content (AvgIpc) is 2.24. The van der Waals surface area contributed by atoms with Crippen LogP contribution in [0.4, 0.5) is 0 Å². The van der Waals surface area contributed by atoms with Crippen molar-refractivity contribution in [2.45, 2.75) is 27.7 Å². The molecule has 0 amide bonds.